The van der Waals surface area contributed by atoms with Crippen LogP contribution in [0.15, 0.2) is 29.2 Å². The molecule has 0 saturated carbocycles. The summed E-state index contributed by atoms with van der Waals surface area (Å²) in [6.45, 7) is 3.70. The van der Waals surface area contributed by atoms with Gasteiger partial charge in [0, 0.05) is 7.05 Å². The Kier molecular flexibility index (Phi) is 6.16. The van der Waals surface area contributed by atoms with Gasteiger partial charge in [-0.15, -0.1) is 0 Å². The molecule has 0 fully saturated rings. The van der Waals surface area contributed by atoms with Gasteiger partial charge >= 0.3 is 5.97 Å². The van der Waals surface area contributed by atoms with Crippen LogP contribution in [0.1, 0.15) is 25.8 Å². The van der Waals surface area contributed by atoms with Gasteiger partial charge < -0.3 is 4.74 Å². The first-order valence-corrected chi connectivity index (χ1v) is 8.06. The van der Waals surface area contributed by atoms with Crippen LogP contribution in [-0.2, 0) is 26.0 Å². The van der Waals surface area contributed by atoms with Gasteiger partial charge in [-0.1, -0.05) is 25.5 Å². The van der Waals surface area contributed by atoms with E-state index in [4.69, 9.17) is 4.74 Å². The molecule has 0 atom stereocenters. The molecule has 1 rings (SSSR count). The zero-order valence-corrected chi connectivity index (χ0v) is 12.9. The number of sulfonamides is 1. The summed E-state index contributed by atoms with van der Waals surface area (Å²) in [5.74, 6) is -0.554. The van der Waals surface area contributed by atoms with Gasteiger partial charge in [0.2, 0.25) is 10.0 Å². The number of carbonyl (C=O) groups excluding carboxylic acids is 1. The molecule has 0 aliphatic rings. The number of esters is 1. The van der Waals surface area contributed by atoms with Gasteiger partial charge in [-0.25, -0.2) is 8.42 Å². The predicted octanol–water partition coefficient (Wildman–Crippen LogP) is 1.82. The molecule has 112 valence electrons. The van der Waals surface area contributed by atoms with Crippen molar-refractivity contribution in [3.05, 3.63) is 29.8 Å². The SMILES string of the molecule is CCCc1ccc(S(=O)(=O)N(C)CC(=O)OCC)cc1. The summed E-state index contributed by atoms with van der Waals surface area (Å²) in [6, 6.07) is 6.74. The maximum Gasteiger partial charge on any atom is 0.321 e. The Labute approximate surface area is 120 Å². The highest BCUT2D eigenvalue weighted by Gasteiger charge is 2.23. The Hall–Kier alpha value is -1.40. The number of ether oxygens (including phenoxy) is 1. The average Bonchev–Trinajstić information content (AvgIpc) is 2.40. The summed E-state index contributed by atoms with van der Waals surface area (Å²) in [6.07, 6.45) is 1.92. The second-order valence-electron chi connectivity index (χ2n) is 4.46. The summed E-state index contributed by atoms with van der Waals surface area (Å²) < 4.78 is 30.3. The van der Waals surface area contributed by atoms with Gasteiger partial charge in [0.25, 0.3) is 0 Å². The lowest BCUT2D eigenvalue weighted by atomic mass is 10.1. The van der Waals surface area contributed by atoms with Crippen molar-refractivity contribution < 1.29 is 17.9 Å². The Balaban J connectivity index is 2.84. The van der Waals surface area contributed by atoms with Crippen LogP contribution in [0.2, 0.25) is 0 Å². The molecule has 1 aromatic rings. The molecule has 0 aromatic heterocycles. The fourth-order valence-corrected chi connectivity index (χ4v) is 2.89. The highest BCUT2D eigenvalue weighted by molar-refractivity contribution is 7.89. The van der Waals surface area contributed by atoms with Gasteiger partial charge in [-0.05, 0) is 31.0 Å². The highest BCUT2D eigenvalue weighted by Crippen LogP contribution is 2.15. The molecule has 0 amide bonds. The van der Waals surface area contributed by atoms with E-state index in [9.17, 15) is 13.2 Å². The van der Waals surface area contributed by atoms with Gasteiger partial charge in [-0.2, -0.15) is 4.31 Å². The maximum atomic E-state index is 12.3. The lowest BCUT2D eigenvalue weighted by Crippen LogP contribution is -2.33. The van der Waals surface area contributed by atoms with Crippen molar-refractivity contribution in [2.24, 2.45) is 0 Å². The number of likely N-dealkylation sites (N-methyl/N-ethyl adjacent to an activating group) is 1. The summed E-state index contributed by atoms with van der Waals surface area (Å²) in [5, 5.41) is 0. The summed E-state index contributed by atoms with van der Waals surface area (Å²) in [4.78, 5) is 11.5. The normalized spacial score (nSPS) is 11.6. The lowest BCUT2D eigenvalue weighted by molar-refractivity contribution is -0.143. The number of rotatable bonds is 7. The van der Waals surface area contributed by atoms with Crippen molar-refractivity contribution >= 4 is 16.0 Å². The van der Waals surface area contributed by atoms with E-state index in [0.29, 0.717) is 0 Å². The van der Waals surface area contributed by atoms with Crippen LogP contribution in [0.3, 0.4) is 0 Å². The Bertz CT molecular complexity index is 537. The molecule has 0 radical (unpaired) electrons. The third-order valence-electron chi connectivity index (χ3n) is 2.83. The molecule has 0 spiro atoms. The molecule has 0 N–H and O–H groups in total. The first-order valence-electron chi connectivity index (χ1n) is 6.62. The van der Waals surface area contributed by atoms with Crippen molar-refractivity contribution in [3.8, 4) is 0 Å². The van der Waals surface area contributed by atoms with Crippen molar-refractivity contribution in [3.63, 3.8) is 0 Å². The number of carbonyl (C=O) groups is 1. The highest BCUT2D eigenvalue weighted by atomic mass is 32.2. The zero-order valence-electron chi connectivity index (χ0n) is 12.1. The summed E-state index contributed by atoms with van der Waals surface area (Å²) >= 11 is 0. The minimum Gasteiger partial charge on any atom is -0.465 e. The second-order valence-corrected chi connectivity index (χ2v) is 6.50. The minimum atomic E-state index is -3.65. The van der Waals surface area contributed by atoms with Gasteiger partial charge in [0.1, 0.15) is 6.54 Å². The van der Waals surface area contributed by atoms with Crippen LogP contribution in [-0.4, -0.2) is 38.9 Å². The Morgan fingerprint density at radius 1 is 1.20 bits per heavy atom. The molecular formula is C14H21NO4S. The van der Waals surface area contributed by atoms with Crippen LogP contribution < -0.4 is 0 Å². The van der Waals surface area contributed by atoms with E-state index in [0.717, 1.165) is 22.7 Å². The quantitative estimate of drug-likeness (QED) is 0.721. The monoisotopic (exact) mass is 299 g/mol. The third-order valence-corrected chi connectivity index (χ3v) is 4.64. The largest absolute Gasteiger partial charge is 0.465 e. The molecule has 0 heterocycles. The summed E-state index contributed by atoms with van der Waals surface area (Å²) in [7, 11) is -2.28. The van der Waals surface area contributed by atoms with Crippen molar-refractivity contribution in [2.75, 3.05) is 20.2 Å². The Morgan fingerprint density at radius 3 is 2.30 bits per heavy atom. The van der Waals surface area contributed by atoms with E-state index in [2.05, 4.69) is 6.92 Å². The van der Waals surface area contributed by atoms with Crippen molar-refractivity contribution in [1.29, 1.82) is 0 Å². The fraction of sp³-hybridized carbons (Fsp3) is 0.500. The molecule has 6 heteroatoms. The minimum absolute atomic E-state index is 0.184. The van der Waals surface area contributed by atoms with Crippen LogP contribution in [0.4, 0.5) is 0 Å². The first-order chi connectivity index (χ1) is 9.41. The molecule has 0 aliphatic carbocycles. The fourth-order valence-electron chi connectivity index (χ4n) is 1.77. The van der Waals surface area contributed by atoms with Gasteiger partial charge in [-0.3, -0.25) is 4.79 Å². The first kappa shape index (κ1) is 16.7. The molecule has 20 heavy (non-hydrogen) atoms. The lowest BCUT2D eigenvalue weighted by Gasteiger charge is -2.16. The van der Waals surface area contributed by atoms with Crippen LogP contribution >= 0.6 is 0 Å². The number of nitrogens with zero attached hydrogens (tertiary/aromatic N) is 1. The van der Waals surface area contributed by atoms with Crippen LogP contribution in [0, 0.1) is 0 Å². The van der Waals surface area contributed by atoms with E-state index in [1.807, 2.05) is 0 Å². The zero-order chi connectivity index (χ0) is 15.2. The van der Waals surface area contributed by atoms with Crippen LogP contribution in [0.5, 0.6) is 0 Å². The molecule has 0 aliphatic heterocycles. The van der Waals surface area contributed by atoms with Crippen molar-refractivity contribution in [2.45, 2.75) is 31.6 Å². The molecule has 1 aromatic carbocycles. The number of benzene rings is 1. The molecule has 0 saturated heterocycles. The standard InChI is InChI=1S/C14H21NO4S/c1-4-6-12-7-9-13(10-8-12)20(17,18)15(3)11-14(16)19-5-2/h7-10H,4-6,11H2,1-3H3. The van der Waals surface area contributed by atoms with E-state index >= 15 is 0 Å². The smallest absolute Gasteiger partial charge is 0.321 e. The maximum absolute atomic E-state index is 12.3. The summed E-state index contributed by atoms with van der Waals surface area (Å²) in [5.41, 5.74) is 1.10. The van der Waals surface area contributed by atoms with Gasteiger partial charge in [0.15, 0.2) is 0 Å². The third kappa shape index (κ3) is 4.31. The Morgan fingerprint density at radius 2 is 1.80 bits per heavy atom. The number of hydrogen-bond donors (Lipinski definition) is 0. The van der Waals surface area contributed by atoms with E-state index in [1.165, 1.54) is 7.05 Å². The predicted molar refractivity (Wildman–Crippen MR) is 76.9 cm³/mol. The topological polar surface area (TPSA) is 63.7 Å². The molecular weight excluding hydrogens is 278 g/mol. The van der Waals surface area contributed by atoms with E-state index in [-0.39, 0.29) is 18.0 Å². The number of aryl methyl sites for hydroxylation is 1. The number of hydrogen-bond acceptors (Lipinski definition) is 4. The van der Waals surface area contributed by atoms with E-state index < -0.39 is 16.0 Å². The van der Waals surface area contributed by atoms with Gasteiger partial charge in [0.05, 0.1) is 11.5 Å². The average molecular weight is 299 g/mol. The van der Waals surface area contributed by atoms with E-state index in [1.54, 1.807) is 31.2 Å². The van der Waals surface area contributed by atoms with Crippen LogP contribution in [0.25, 0.3) is 0 Å². The molecule has 5 nitrogen and oxygen atoms in total. The van der Waals surface area contributed by atoms with Crippen molar-refractivity contribution in [1.82, 2.24) is 4.31 Å². The molecule has 0 unspecified atom stereocenters. The second kappa shape index (κ2) is 7.40. The molecule has 0 bridgehead atoms.